The SMILES string of the molecule is CC1CCN(C(=O)c2nc(C(=O)N3CCCC(C)C3)n3ccccc23)CC1. The van der Waals surface area contributed by atoms with E-state index in [0.717, 1.165) is 57.4 Å². The normalized spacial score (nSPS) is 21.6. The van der Waals surface area contributed by atoms with E-state index in [4.69, 9.17) is 0 Å². The number of fused-ring (bicyclic) bond motifs is 1. The highest BCUT2D eigenvalue weighted by Crippen LogP contribution is 2.23. The summed E-state index contributed by atoms with van der Waals surface area (Å²) in [5.41, 5.74) is 1.12. The number of nitrogens with zero attached hydrogens (tertiary/aromatic N) is 4. The molecule has 6 nitrogen and oxygen atoms in total. The second-order valence-corrected chi connectivity index (χ2v) is 8.21. The molecular weight excluding hydrogens is 340 g/mol. The minimum atomic E-state index is -0.0749. The summed E-state index contributed by atoms with van der Waals surface area (Å²) >= 11 is 0. The largest absolute Gasteiger partial charge is 0.337 e. The Morgan fingerprint density at radius 3 is 2.48 bits per heavy atom. The van der Waals surface area contributed by atoms with Gasteiger partial charge in [0.1, 0.15) is 0 Å². The van der Waals surface area contributed by atoms with Crippen molar-refractivity contribution in [2.24, 2.45) is 11.8 Å². The molecular formula is C21H28N4O2. The molecule has 0 radical (unpaired) electrons. The lowest BCUT2D eigenvalue weighted by Gasteiger charge is -2.30. The number of carbonyl (C=O) groups is 2. The third-order valence-corrected chi connectivity index (χ3v) is 5.96. The molecule has 6 heteroatoms. The molecule has 2 amide bonds. The van der Waals surface area contributed by atoms with E-state index in [-0.39, 0.29) is 11.8 Å². The molecule has 1 unspecified atom stereocenters. The number of piperidine rings is 2. The van der Waals surface area contributed by atoms with Crippen molar-refractivity contribution in [1.82, 2.24) is 19.2 Å². The van der Waals surface area contributed by atoms with Crippen LogP contribution < -0.4 is 0 Å². The Balaban J connectivity index is 1.67. The quantitative estimate of drug-likeness (QED) is 0.818. The van der Waals surface area contributed by atoms with Crippen molar-refractivity contribution < 1.29 is 9.59 Å². The predicted octanol–water partition coefficient (Wildman–Crippen LogP) is 3.08. The fourth-order valence-electron chi connectivity index (χ4n) is 4.22. The van der Waals surface area contributed by atoms with Crippen molar-refractivity contribution in [1.29, 1.82) is 0 Å². The fraction of sp³-hybridized carbons (Fsp3) is 0.571. The maximum absolute atomic E-state index is 13.1. The van der Waals surface area contributed by atoms with Crippen molar-refractivity contribution in [3.63, 3.8) is 0 Å². The fourth-order valence-corrected chi connectivity index (χ4v) is 4.22. The van der Waals surface area contributed by atoms with E-state index in [1.165, 1.54) is 0 Å². The van der Waals surface area contributed by atoms with Crippen molar-refractivity contribution in [2.45, 2.75) is 39.5 Å². The second-order valence-electron chi connectivity index (χ2n) is 8.21. The Kier molecular flexibility index (Phi) is 4.89. The Hall–Kier alpha value is -2.37. The molecule has 2 aliphatic heterocycles. The lowest BCUT2D eigenvalue weighted by Crippen LogP contribution is -2.40. The number of amides is 2. The average molecular weight is 368 g/mol. The number of aromatic nitrogens is 2. The van der Waals surface area contributed by atoms with Crippen LogP contribution in [0.5, 0.6) is 0 Å². The van der Waals surface area contributed by atoms with Crippen LogP contribution in [0.1, 0.15) is 60.6 Å². The predicted molar refractivity (Wildman–Crippen MR) is 104 cm³/mol. The summed E-state index contributed by atoms with van der Waals surface area (Å²) in [6.45, 7) is 7.45. The minimum Gasteiger partial charge on any atom is -0.337 e. The van der Waals surface area contributed by atoms with E-state index in [9.17, 15) is 9.59 Å². The van der Waals surface area contributed by atoms with Gasteiger partial charge in [-0.25, -0.2) is 4.98 Å². The van der Waals surface area contributed by atoms with Crippen LogP contribution in [-0.2, 0) is 0 Å². The van der Waals surface area contributed by atoms with Crippen LogP contribution in [0, 0.1) is 11.8 Å². The van der Waals surface area contributed by atoms with Gasteiger partial charge in [-0.3, -0.25) is 14.0 Å². The maximum atomic E-state index is 13.1. The smallest absolute Gasteiger partial charge is 0.290 e. The van der Waals surface area contributed by atoms with Gasteiger partial charge in [-0.15, -0.1) is 0 Å². The van der Waals surface area contributed by atoms with Gasteiger partial charge in [0, 0.05) is 32.4 Å². The molecule has 2 saturated heterocycles. The first-order valence-corrected chi connectivity index (χ1v) is 10.1. The topological polar surface area (TPSA) is 57.9 Å². The van der Waals surface area contributed by atoms with Crippen molar-refractivity contribution in [3.8, 4) is 0 Å². The van der Waals surface area contributed by atoms with Gasteiger partial charge < -0.3 is 9.80 Å². The second kappa shape index (κ2) is 7.33. The number of hydrogen-bond acceptors (Lipinski definition) is 3. The lowest BCUT2D eigenvalue weighted by molar-refractivity contribution is 0.0669. The molecule has 1 atom stereocenters. The highest BCUT2D eigenvalue weighted by Gasteiger charge is 2.30. The average Bonchev–Trinajstić information content (AvgIpc) is 3.07. The highest BCUT2D eigenvalue weighted by molar-refractivity contribution is 6.02. The van der Waals surface area contributed by atoms with Crippen LogP contribution in [-0.4, -0.2) is 57.2 Å². The first-order valence-electron chi connectivity index (χ1n) is 10.1. The van der Waals surface area contributed by atoms with Gasteiger partial charge in [0.2, 0.25) is 5.82 Å². The number of hydrogen-bond donors (Lipinski definition) is 0. The lowest BCUT2D eigenvalue weighted by atomic mass is 9.99. The molecule has 4 heterocycles. The summed E-state index contributed by atoms with van der Waals surface area (Å²) in [5, 5.41) is 0. The Morgan fingerprint density at radius 2 is 1.74 bits per heavy atom. The summed E-state index contributed by atoms with van der Waals surface area (Å²) < 4.78 is 1.78. The molecule has 4 rings (SSSR count). The molecule has 0 saturated carbocycles. The van der Waals surface area contributed by atoms with Crippen LogP contribution in [0.2, 0.25) is 0 Å². The molecule has 2 aromatic heterocycles. The Bertz CT molecular complexity index is 851. The van der Waals surface area contributed by atoms with Crippen molar-refractivity contribution >= 4 is 17.3 Å². The van der Waals surface area contributed by atoms with Crippen LogP contribution in [0.15, 0.2) is 24.4 Å². The number of likely N-dealkylation sites (tertiary alicyclic amines) is 2. The third-order valence-electron chi connectivity index (χ3n) is 5.96. The van der Waals surface area contributed by atoms with E-state index in [2.05, 4.69) is 18.8 Å². The van der Waals surface area contributed by atoms with E-state index >= 15 is 0 Å². The first-order chi connectivity index (χ1) is 13.0. The first kappa shape index (κ1) is 18.0. The highest BCUT2D eigenvalue weighted by atomic mass is 16.2. The molecule has 0 N–H and O–H groups in total. The maximum Gasteiger partial charge on any atom is 0.290 e. The summed E-state index contributed by atoms with van der Waals surface area (Å²) in [6, 6.07) is 5.65. The summed E-state index contributed by atoms with van der Waals surface area (Å²) in [5.74, 6) is 1.38. The van der Waals surface area contributed by atoms with Crippen LogP contribution >= 0.6 is 0 Å². The Morgan fingerprint density at radius 1 is 0.963 bits per heavy atom. The zero-order valence-electron chi connectivity index (χ0n) is 16.2. The monoisotopic (exact) mass is 368 g/mol. The van der Waals surface area contributed by atoms with Crippen molar-refractivity contribution in [2.75, 3.05) is 26.2 Å². The van der Waals surface area contributed by atoms with Gasteiger partial charge in [-0.1, -0.05) is 19.9 Å². The molecule has 2 fully saturated rings. The molecule has 0 aliphatic carbocycles. The van der Waals surface area contributed by atoms with Crippen LogP contribution in [0.4, 0.5) is 0 Å². The van der Waals surface area contributed by atoms with Gasteiger partial charge in [0.05, 0.1) is 5.52 Å². The number of imidazole rings is 1. The van der Waals surface area contributed by atoms with Gasteiger partial charge >= 0.3 is 0 Å². The molecule has 2 aliphatic rings. The van der Waals surface area contributed by atoms with Gasteiger partial charge in [0.15, 0.2) is 5.69 Å². The van der Waals surface area contributed by atoms with E-state index in [1.54, 1.807) is 4.40 Å². The standard InChI is InChI=1S/C21H28N4O2/c1-15-8-12-23(13-9-15)20(26)18-17-7-3-4-11-25(17)19(22-18)21(27)24-10-5-6-16(2)14-24/h3-4,7,11,15-16H,5-6,8-10,12-14H2,1-2H3. The summed E-state index contributed by atoms with van der Waals surface area (Å²) in [7, 11) is 0. The Labute approximate surface area is 160 Å². The molecule has 144 valence electrons. The number of carbonyl (C=O) groups excluding carboxylic acids is 2. The van der Waals surface area contributed by atoms with Gasteiger partial charge in [-0.2, -0.15) is 0 Å². The molecule has 0 spiro atoms. The third kappa shape index (κ3) is 3.45. The van der Waals surface area contributed by atoms with E-state index in [1.807, 2.05) is 34.2 Å². The van der Waals surface area contributed by atoms with E-state index in [0.29, 0.717) is 23.4 Å². The van der Waals surface area contributed by atoms with E-state index < -0.39 is 0 Å². The summed E-state index contributed by atoms with van der Waals surface area (Å²) in [4.78, 5) is 34.6. The molecule has 0 bridgehead atoms. The minimum absolute atomic E-state index is 0.0586. The van der Waals surface area contributed by atoms with Crippen LogP contribution in [0.3, 0.4) is 0 Å². The van der Waals surface area contributed by atoms with Gasteiger partial charge in [-0.05, 0) is 49.7 Å². The molecule has 27 heavy (non-hydrogen) atoms. The summed E-state index contributed by atoms with van der Waals surface area (Å²) in [6.07, 6.45) is 6.05. The zero-order chi connectivity index (χ0) is 19.0. The molecule has 0 aromatic carbocycles. The number of rotatable bonds is 2. The zero-order valence-corrected chi connectivity index (χ0v) is 16.2. The number of pyridine rings is 1. The van der Waals surface area contributed by atoms with Crippen molar-refractivity contribution in [3.05, 3.63) is 35.9 Å². The molecule has 2 aromatic rings. The van der Waals surface area contributed by atoms with Gasteiger partial charge in [0.25, 0.3) is 11.8 Å². The van der Waals surface area contributed by atoms with Crippen LogP contribution in [0.25, 0.3) is 5.52 Å².